The minimum absolute atomic E-state index is 0.0825. The molecule has 1 unspecified atom stereocenters. The summed E-state index contributed by atoms with van der Waals surface area (Å²) in [4.78, 5) is 11.9. The molecule has 0 saturated heterocycles. The maximum atomic E-state index is 11.3. The maximum absolute atomic E-state index is 11.3. The number of nitrogens with two attached hydrogens (primary N) is 1. The molecular weight excluding hydrogens is 224 g/mol. The summed E-state index contributed by atoms with van der Waals surface area (Å²) in [6.07, 6.45) is 1.50. The minimum Gasteiger partial charge on any atom is -0.368 e. The third-order valence-corrected chi connectivity index (χ3v) is 2.62. The van der Waals surface area contributed by atoms with Crippen LogP contribution in [0.4, 0.5) is 5.95 Å². The molecule has 1 heterocycles. The van der Waals surface area contributed by atoms with Gasteiger partial charge in [-0.05, 0) is 0 Å². The van der Waals surface area contributed by atoms with Crippen molar-refractivity contribution in [3.8, 4) is 11.4 Å². The van der Waals surface area contributed by atoms with Crippen LogP contribution in [0.15, 0.2) is 35.5 Å². The second-order valence-corrected chi connectivity index (χ2v) is 4.39. The van der Waals surface area contributed by atoms with Crippen molar-refractivity contribution in [2.24, 2.45) is 0 Å². The Morgan fingerprint density at radius 3 is 2.44 bits per heavy atom. The Bertz CT molecular complexity index is 530. The van der Waals surface area contributed by atoms with Gasteiger partial charge in [0.25, 0.3) is 0 Å². The fourth-order valence-electron chi connectivity index (χ4n) is 1.22. The normalized spacial score (nSPS) is 12.3. The molecule has 0 spiro atoms. The highest BCUT2D eigenvalue weighted by Gasteiger charge is 2.08. The van der Waals surface area contributed by atoms with Gasteiger partial charge in [0.2, 0.25) is 11.1 Å². The van der Waals surface area contributed by atoms with E-state index >= 15 is 0 Å². The summed E-state index contributed by atoms with van der Waals surface area (Å²) in [5.74, 6) is 0.525. The molecule has 0 fully saturated rings. The van der Waals surface area contributed by atoms with Crippen molar-refractivity contribution in [2.45, 2.75) is 5.16 Å². The minimum atomic E-state index is -1.27. The van der Waals surface area contributed by atoms with Gasteiger partial charge in [-0.3, -0.25) is 4.21 Å². The van der Waals surface area contributed by atoms with Gasteiger partial charge in [0.15, 0.2) is 5.82 Å². The first-order chi connectivity index (χ1) is 7.66. The fraction of sp³-hybridized carbons (Fsp3) is 0.100. The van der Waals surface area contributed by atoms with Crippen LogP contribution >= 0.6 is 0 Å². The van der Waals surface area contributed by atoms with E-state index in [0.29, 0.717) is 5.82 Å². The van der Waals surface area contributed by atoms with Gasteiger partial charge >= 0.3 is 0 Å². The summed E-state index contributed by atoms with van der Waals surface area (Å²) in [7, 11) is -1.27. The molecule has 0 bridgehead atoms. The monoisotopic (exact) mass is 234 g/mol. The lowest BCUT2D eigenvalue weighted by atomic mass is 10.2. The highest BCUT2D eigenvalue weighted by atomic mass is 32.2. The van der Waals surface area contributed by atoms with E-state index in [-0.39, 0.29) is 11.1 Å². The third kappa shape index (κ3) is 2.22. The molecule has 0 aliphatic heterocycles. The number of nitrogen functional groups attached to an aromatic ring is 1. The van der Waals surface area contributed by atoms with Gasteiger partial charge in [-0.1, -0.05) is 30.3 Å². The van der Waals surface area contributed by atoms with Crippen molar-refractivity contribution in [1.82, 2.24) is 15.0 Å². The lowest BCUT2D eigenvalue weighted by Crippen LogP contribution is -2.05. The van der Waals surface area contributed by atoms with Crippen LogP contribution in [-0.4, -0.2) is 25.4 Å². The van der Waals surface area contributed by atoms with Crippen LogP contribution < -0.4 is 5.73 Å². The topological polar surface area (TPSA) is 81.8 Å². The average Bonchev–Trinajstić information content (AvgIpc) is 2.29. The van der Waals surface area contributed by atoms with E-state index in [1.54, 1.807) is 0 Å². The first-order valence-corrected chi connectivity index (χ1v) is 6.13. The number of benzene rings is 1. The highest BCUT2D eigenvalue weighted by molar-refractivity contribution is 7.84. The summed E-state index contributed by atoms with van der Waals surface area (Å²) < 4.78 is 11.3. The molecule has 16 heavy (non-hydrogen) atoms. The molecule has 5 nitrogen and oxygen atoms in total. The molecule has 0 saturated carbocycles. The second kappa shape index (κ2) is 4.36. The van der Waals surface area contributed by atoms with Gasteiger partial charge in [0.05, 0.1) is 10.8 Å². The van der Waals surface area contributed by atoms with Crippen molar-refractivity contribution in [2.75, 3.05) is 12.0 Å². The zero-order chi connectivity index (χ0) is 11.5. The van der Waals surface area contributed by atoms with E-state index in [1.807, 2.05) is 30.3 Å². The summed E-state index contributed by atoms with van der Waals surface area (Å²) in [5.41, 5.74) is 6.36. The molecule has 2 aromatic rings. The first-order valence-electron chi connectivity index (χ1n) is 4.57. The Balaban J connectivity index is 2.54. The van der Waals surface area contributed by atoms with Crippen LogP contribution in [0.3, 0.4) is 0 Å². The molecule has 2 rings (SSSR count). The fourth-order valence-corrected chi connectivity index (χ4v) is 1.65. The predicted molar refractivity (Wildman–Crippen MR) is 62.0 cm³/mol. The van der Waals surface area contributed by atoms with Crippen molar-refractivity contribution in [3.63, 3.8) is 0 Å². The molecule has 6 heteroatoms. The first kappa shape index (κ1) is 10.7. The Hall–Kier alpha value is -1.82. The molecular formula is C10H10N4OS. The molecule has 82 valence electrons. The van der Waals surface area contributed by atoms with E-state index in [2.05, 4.69) is 15.0 Å². The molecule has 0 aliphatic rings. The lowest BCUT2D eigenvalue weighted by molar-refractivity contribution is 0.679. The van der Waals surface area contributed by atoms with Gasteiger partial charge in [0.1, 0.15) is 0 Å². The van der Waals surface area contributed by atoms with Gasteiger partial charge in [-0.15, -0.1) is 0 Å². The highest BCUT2D eigenvalue weighted by Crippen LogP contribution is 2.15. The van der Waals surface area contributed by atoms with Crippen LogP contribution in [0, 0.1) is 0 Å². The van der Waals surface area contributed by atoms with Crippen molar-refractivity contribution >= 4 is 16.7 Å². The molecule has 0 amide bonds. The number of hydrogen-bond acceptors (Lipinski definition) is 5. The number of hydrogen-bond donors (Lipinski definition) is 1. The zero-order valence-corrected chi connectivity index (χ0v) is 9.44. The van der Waals surface area contributed by atoms with Gasteiger partial charge in [0, 0.05) is 11.8 Å². The molecule has 1 aromatic heterocycles. The van der Waals surface area contributed by atoms with Crippen LogP contribution in [0.5, 0.6) is 0 Å². The van der Waals surface area contributed by atoms with Crippen molar-refractivity contribution in [1.29, 1.82) is 0 Å². The Morgan fingerprint density at radius 2 is 1.81 bits per heavy atom. The number of anilines is 1. The van der Waals surface area contributed by atoms with E-state index in [0.717, 1.165) is 5.56 Å². The van der Waals surface area contributed by atoms with Crippen molar-refractivity contribution in [3.05, 3.63) is 30.3 Å². The molecule has 0 radical (unpaired) electrons. The maximum Gasteiger partial charge on any atom is 0.224 e. The largest absolute Gasteiger partial charge is 0.368 e. The van der Waals surface area contributed by atoms with E-state index in [9.17, 15) is 4.21 Å². The van der Waals surface area contributed by atoms with E-state index in [4.69, 9.17) is 5.73 Å². The third-order valence-electron chi connectivity index (χ3n) is 1.92. The standard InChI is InChI=1S/C10H10N4OS/c1-16(15)10-13-8(12-9(11)14-10)7-5-3-2-4-6-7/h2-6H,1H3,(H2,11,12,13,14). The van der Waals surface area contributed by atoms with Crippen LogP contribution in [0.1, 0.15) is 0 Å². The summed E-state index contributed by atoms with van der Waals surface area (Å²) in [6.45, 7) is 0. The van der Waals surface area contributed by atoms with Gasteiger partial charge in [-0.2, -0.15) is 9.97 Å². The average molecular weight is 234 g/mol. The van der Waals surface area contributed by atoms with Gasteiger partial charge < -0.3 is 5.73 Å². The van der Waals surface area contributed by atoms with E-state index in [1.165, 1.54) is 6.26 Å². The number of rotatable bonds is 2. The second-order valence-electron chi connectivity index (χ2n) is 3.12. The van der Waals surface area contributed by atoms with Gasteiger partial charge in [-0.25, -0.2) is 4.98 Å². The summed E-state index contributed by atoms with van der Waals surface area (Å²) >= 11 is 0. The van der Waals surface area contributed by atoms with E-state index < -0.39 is 10.8 Å². The zero-order valence-electron chi connectivity index (χ0n) is 8.62. The van der Waals surface area contributed by atoms with Crippen molar-refractivity contribution < 1.29 is 4.21 Å². The predicted octanol–water partition coefficient (Wildman–Crippen LogP) is 0.858. The molecule has 0 aliphatic carbocycles. The molecule has 1 aromatic carbocycles. The van der Waals surface area contributed by atoms with Crippen LogP contribution in [0.2, 0.25) is 0 Å². The Kier molecular flexibility index (Phi) is 2.91. The Morgan fingerprint density at radius 1 is 1.12 bits per heavy atom. The van der Waals surface area contributed by atoms with Crippen LogP contribution in [-0.2, 0) is 10.8 Å². The summed E-state index contributed by atoms with van der Waals surface area (Å²) in [6, 6.07) is 9.36. The van der Waals surface area contributed by atoms with Crippen LogP contribution in [0.25, 0.3) is 11.4 Å². The molecule has 2 N–H and O–H groups in total. The summed E-state index contributed by atoms with van der Waals surface area (Å²) in [5, 5.41) is 0.200. The number of nitrogens with zero attached hydrogens (tertiary/aromatic N) is 3. The molecule has 1 atom stereocenters. The number of aromatic nitrogens is 3. The SMILES string of the molecule is CS(=O)c1nc(N)nc(-c2ccccc2)n1. The Labute approximate surface area is 95.2 Å². The lowest BCUT2D eigenvalue weighted by Gasteiger charge is -2.02. The quantitative estimate of drug-likeness (QED) is 0.833. The smallest absolute Gasteiger partial charge is 0.224 e.